The second-order valence-corrected chi connectivity index (χ2v) is 6.02. The maximum atomic E-state index is 13.8. The summed E-state index contributed by atoms with van der Waals surface area (Å²) in [6.45, 7) is 0. The quantitative estimate of drug-likeness (QED) is 0.759. The summed E-state index contributed by atoms with van der Waals surface area (Å²) in [6.07, 6.45) is 0. The summed E-state index contributed by atoms with van der Waals surface area (Å²) in [5.74, 6) is -0.326. The van der Waals surface area contributed by atoms with Crippen molar-refractivity contribution in [2.24, 2.45) is 5.73 Å². The molecule has 0 heterocycles. The second-order valence-electron chi connectivity index (χ2n) is 3.81. The smallest absolute Gasteiger partial charge is 0.128 e. The van der Waals surface area contributed by atoms with Crippen molar-refractivity contribution in [3.63, 3.8) is 0 Å². The molecule has 0 saturated carbocycles. The zero-order chi connectivity index (χ0) is 13.3. The van der Waals surface area contributed by atoms with Gasteiger partial charge in [-0.25, -0.2) is 4.39 Å². The Morgan fingerprint density at radius 2 is 1.78 bits per heavy atom. The summed E-state index contributed by atoms with van der Waals surface area (Å²) in [5.41, 5.74) is 7.33. The van der Waals surface area contributed by atoms with Crippen LogP contribution in [0.15, 0.2) is 45.3 Å². The third kappa shape index (κ3) is 2.94. The van der Waals surface area contributed by atoms with Crippen LogP contribution in [-0.2, 0) is 0 Å². The van der Waals surface area contributed by atoms with Crippen molar-refractivity contribution in [2.45, 2.75) is 6.04 Å². The lowest BCUT2D eigenvalue weighted by atomic mass is 9.99. The van der Waals surface area contributed by atoms with Gasteiger partial charge in [0.15, 0.2) is 0 Å². The Hall–Kier alpha value is -0.420. The number of hydrogen-bond donors (Lipinski definition) is 1. The molecule has 0 spiro atoms. The van der Waals surface area contributed by atoms with E-state index in [0.717, 1.165) is 14.5 Å². The van der Waals surface area contributed by atoms with Crippen LogP contribution in [0.2, 0.25) is 5.02 Å². The standard InChI is InChI=1S/C13H9Br2ClFN/c14-7-1-4-12(17)10(5-7)13(18)9-3-2-8(16)6-11(9)15/h1-6,13H,18H2. The lowest BCUT2D eigenvalue weighted by Crippen LogP contribution is -2.14. The molecule has 5 heteroatoms. The van der Waals surface area contributed by atoms with Crippen LogP contribution >= 0.6 is 43.5 Å². The van der Waals surface area contributed by atoms with Crippen molar-refractivity contribution in [3.05, 3.63) is 67.3 Å². The van der Waals surface area contributed by atoms with E-state index in [9.17, 15) is 4.39 Å². The molecule has 0 aliphatic carbocycles. The van der Waals surface area contributed by atoms with Gasteiger partial charge in [-0.2, -0.15) is 0 Å². The van der Waals surface area contributed by atoms with E-state index in [1.807, 2.05) is 0 Å². The van der Waals surface area contributed by atoms with Gasteiger partial charge >= 0.3 is 0 Å². The third-order valence-electron chi connectivity index (χ3n) is 2.59. The minimum absolute atomic E-state index is 0.326. The molecular weight excluding hydrogens is 384 g/mol. The summed E-state index contributed by atoms with van der Waals surface area (Å²) >= 11 is 12.6. The lowest BCUT2D eigenvalue weighted by Gasteiger charge is -2.15. The van der Waals surface area contributed by atoms with Gasteiger partial charge in [0.25, 0.3) is 0 Å². The van der Waals surface area contributed by atoms with E-state index in [0.29, 0.717) is 10.6 Å². The average Bonchev–Trinajstić information content (AvgIpc) is 2.31. The van der Waals surface area contributed by atoms with Crippen molar-refractivity contribution < 1.29 is 4.39 Å². The average molecular weight is 393 g/mol. The molecule has 2 aromatic carbocycles. The number of nitrogens with two attached hydrogens (primary N) is 1. The first kappa shape index (κ1) is 14.0. The molecule has 94 valence electrons. The molecule has 0 aromatic heterocycles. The van der Waals surface area contributed by atoms with E-state index in [4.69, 9.17) is 17.3 Å². The largest absolute Gasteiger partial charge is 0.320 e. The minimum atomic E-state index is -0.547. The predicted molar refractivity (Wildman–Crippen MR) is 79.3 cm³/mol. The van der Waals surface area contributed by atoms with Gasteiger partial charge in [0.1, 0.15) is 5.82 Å². The van der Waals surface area contributed by atoms with Crippen LogP contribution in [0.5, 0.6) is 0 Å². The highest BCUT2D eigenvalue weighted by atomic mass is 79.9. The van der Waals surface area contributed by atoms with Gasteiger partial charge in [0.05, 0.1) is 6.04 Å². The number of benzene rings is 2. The molecule has 2 aromatic rings. The molecule has 0 fully saturated rings. The van der Waals surface area contributed by atoms with Crippen LogP contribution in [-0.4, -0.2) is 0 Å². The maximum absolute atomic E-state index is 13.8. The predicted octanol–water partition coefficient (Wildman–Crippen LogP) is 5.05. The summed E-state index contributed by atoms with van der Waals surface area (Å²) in [5, 5.41) is 0.604. The van der Waals surface area contributed by atoms with Gasteiger partial charge in [-0.15, -0.1) is 0 Å². The molecule has 0 amide bonds. The Kier molecular flexibility index (Phi) is 4.43. The van der Waals surface area contributed by atoms with Crippen molar-refractivity contribution in [2.75, 3.05) is 0 Å². The van der Waals surface area contributed by atoms with Crippen LogP contribution in [0.4, 0.5) is 4.39 Å². The fraction of sp³-hybridized carbons (Fsp3) is 0.0769. The molecule has 0 bridgehead atoms. The third-order valence-corrected chi connectivity index (χ3v) is 4.01. The van der Waals surface area contributed by atoms with Gasteiger partial charge in [-0.05, 0) is 35.9 Å². The molecule has 1 nitrogen and oxygen atoms in total. The maximum Gasteiger partial charge on any atom is 0.128 e. The Morgan fingerprint density at radius 1 is 1.06 bits per heavy atom. The van der Waals surface area contributed by atoms with E-state index in [1.165, 1.54) is 6.07 Å². The van der Waals surface area contributed by atoms with Crippen molar-refractivity contribution in [1.29, 1.82) is 0 Å². The van der Waals surface area contributed by atoms with Gasteiger partial charge in [-0.3, -0.25) is 0 Å². The number of rotatable bonds is 2. The van der Waals surface area contributed by atoms with Crippen LogP contribution < -0.4 is 5.73 Å². The summed E-state index contributed by atoms with van der Waals surface area (Å²) in [4.78, 5) is 0. The van der Waals surface area contributed by atoms with Crippen LogP contribution in [0, 0.1) is 5.82 Å². The van der Waals surface area contributed by atoms with E-state index in [-0.39, 0.29) is 5.82 Å². The minimum Gasteiger partial charge on any atom is -0.320 e. The van der Waals surface area contributed by atoms with E-state index >= 15 is 0 Å². The highest BCUT2D eigenvalue weighted by Gasteiger charge is 2.16. The fourth-order valence-corrected chi connectivity index (χ4v) is 2.98. The second kappa shape index (κ2) is 5.70. The van der Waals surface area contributed by atoms with Gasteiger partial charge in [0, 0.05) is 19.5 Å². The van der Waals surface area contributed by atoms with E-state index < -0.39 is 6.04 Å². The summed E-state index contributed by atoms with van der Waals surface area (Å²) in [7, 11) is 0. The van der Waals surface area contributed by atoms with E-state index in [2.05, 4.69) is 31.9 Å². The highest BCUT2D eigenvalue weighted by Crippen LogP contribution is 2.31. The molecule has 0 saturated heterocycles. The molecular formula is C13H9Br2ClFN. The first-order valence-corrected chi connectivity index (χ1v) is 7.11. The summed E-state index contributed by atoms with van der Waals surface area (Å²) < 4.78 is 15.3. The monoisotopic (exact) mass is 391 g/mol. The molecule has 0 radical (unpaired) electrons. The van der Waals surface area contributed by atoms with Crippen molar-refractivity contribution in [3.8, 4) is 0 Å². The molecule has 1 atom stereocenters. The van der Waals surface area contributed by atoms with Crippen LogP contribution in [0.25, 0.3) is 0 Å². The Bertz CT molecular complexity index is 589. The Morgan fingerprint density at radius 3 is 2.44 bits per heavy atom. The molecule has 2 N–H and O–H groups in total. The molecule has 0 aliphatic heterocycles. The lowest BCUT2D eigenvalue weighted by molar-refractivity contribution is 0.599. The first-order chi connectivity index (χ1) is 8.49. The molecule has 18 heavy (non-hydrogen) atoms. The van der Waals surface area contributed by atoms with Gasteiger partial charge < -0.3 is 5.73 Å². The molecule has 0 aliphatic rings. The molecule has 2 rings (SSSR count). The first-order valence-electron chi connectivity index (χ1n) is 5.14. The normalized spacial score (nSPS) is 12.5. The van der Waals surface area contributed by atoms with Gasteiger partial charge in [0.2, 0.25) is 0 Å². The van der Waals surface area contributed by atoms with Gasteiger partial charge in [-0.1, -0.05) is 49.5 Å². The number of hydrogen-bond acceptors (Lipinski definition) is 1. The van der Waals surface area contributed by atoms with E-state index in [1.54, 1.807) is 30.3 Å². The fourth-order valence-electron chi connectivity index (χ4n) is 1.67. The summed E-state index contributed by atoms with van der Waals surface area (Å²) in [6, 6.07) is 9.43. The van der Waals surface area contributed by atoms with Crippen molar-refractivity contribution >= 4 is 43.5 Å². The van der Waals surface area contributed by atoms with Crippen LogP contribution in [0.1, 0.15) is 17.2 Å². The highest BCUT2D eigenvalue weighted by molar-refractivity contribution is 9.10. The SMILES string of the molecule is NC(c1cc(Br)ccc1F)c1ccc(Cl)cc1Br. The zero-order valence-corrected chi connectivity index (χ0v) is 13.1. The topological polar surface area (TPSA) is 26.0 Å². The zero-order valence-electron chi connectivity index (χ0n) is 9.13. The Labute approximate surface area is 126 Å². The van der Waals surface area contributed by atoms with Crippen LogP contribution in [0.3, 0.4) is 0 Å². The van der Waals surface area contributed by atoms with Crippen molar-refractivity contribution in [1.82, 2.24) is 0 Å². The Balaban J connectivity index is 2.47. The molecule has 1 unspecified atom stereocenters. The number of halogens is 4.